The summed E-state index contributed by atoms with van der Waals surface area (Å²) < 4.78 is 103. The Hall–Kier alpha value is -3.33. The van der Waals surface area contributed by atoms with E-state index in [-0.39, 0.29) is 41.1 Å². The lowest BCUT2D eigenvalue weighted by molar-refractivity contribution is -0.0448. The van der Waals surface area contributed by atoms with Gasteiger partial charge in [0.15, 0.2) is 11.4 Å². The molecule has 2 amide bonds. The van der Waals surface area contributed by atoms with Crippen molar-refractivity contribution in [1.82, 2.24) is 19.8 Å². The van der Waals surface area contributed by atoms with Crippen LogP contribution in [0.15, 0.2) is 22.7 Å². The first-order valence-corrected chi connectivity index (χ1v) is 12.5. The van der Waals surface area contributed by atoms with E-state index in [2.05, 4.69) is 10.1 Å². The Morgan fingerprint density at radius 2 is 1.83 bits per heavy atom. The lowest BCUT2D eigenvalue weighted by atomic mass is 10.0. The number of fused-ring (bicyclic) bond motifs is 2. The highest BCUT2D eigenvalue weighted by atomic mass is 32.2. The van der Waals surface area contributed by atoms with E-state index in [1.807, 2.05) is 4.72 Å². The van der Waals surface area contributed by atoms with Crippen LogP contribution < -0.4 is 9.62 Å². The normalized spacial score (nSPS) is 21.9. The van der Waals surface area contributed by atoms with Crippen LogP contribution in [0.2, 0.25) is 0 Å². The number of urea groups is 1. The first kappa shape index (κ1) is 24.4. The van der Waals surface area contributed by atoms with Gasteiger partial charge in [-0.1, -0.05) is 5.16 Å². The van der Waals surface area contributed by atoms with Crippen LogP contribution in [0.1, 0.15) is 12.1 Å². The zero-order valence-electron chi connectivity index (χ0n) is 18.7. The molecule has 2 aliphatic heterocycles. The molecule has 15 heteroatoms. The third-order valence-corrected chi connectivity index (χ3v) is 6.90. The Morgan fingerprint density at radius 3 is 2.47 bits per heavy atom. The van der Waals surface area contributed by atoms with Crippen molar-refractivity contribution in [1.29, 1.82) is 0 Å². The molecule has 2 atom stereocenters. The Morgan fingerprint density at radius 1 is 1.17 bits per heavy atom. The van der Waals surface area contributed by atoms with E-state index >= 15 is 0 Å². The summed E-state index contributed by atoms with van der Waals surface area (Å²) in [5, 5.41) is 3.77. The number of hydrogen-bond donors (Lipinski definition) is 1. The molecule has 1 N–H and O–H groups in total. The molecule has 2 aliphatic rings. The van der Waals surface area contributed by atoms with Crippen molar-refractivity contribution in [2.75, 3.05) is 24.2 Å². The van der Waals surface area contributed by atoms with Crippen LogP contribution in [-0.4, -0.2) is 66.8 Å². The molecule has 3 aromatic rings. The fourth-order valence-corrected chi connectivity index (χ4v) is 5.47. The van der Waals surface area contributed by atoms with E-state index in [0.29, 0.717) is 12.1 Å². The fourth-order valence-electron chi connectivity index (χ4n) is 4.72. The molecule has 2 saturated heterocycles. The summed E-state index contributed by atoms with van der Waals surface area (Å²) in [5.74, 6) is -7.41. The van der Waals surface area contributed by atoms with Crippen molar-refractivity contribution in [2.45, 2.75) is 31.4 Å². The molecule has 0 radical (unpaired) electrons. The molecule has 2 aromatic heterocycles. The number of carbonyl (C=O) groups excluding carboxylic acids is 1. The summed E-state index contributed by atoms with van der Waals surface area (Å²) in [5.41, 5.74) is -0.701. The van der Waals surface area contributed by atoms with Crippen molar-refractivity contribution in [3.05, 3.63) is 41.3 Å². The van der Waals surface area contributed by atoms with Crippen LogP contribution in [0, 0.1) is 24.4 Å². The van der Waals surface area contributed by atoms with E-state index in [9.17, 15) is 35.2 Å². The largest absolute Gasteiger partial charge is 0.354 e. The number of alkyl halides is 2. The van der Waals surface area contributed by atoms with Gasteiger partial charge in [-0.3, -0.25) is 9.88 Å². The van der Waals surface area contributed by atoms with Gasteiger partial charge in [-0.05, 0) is 13.3 Å². The molecule has 1 aromatic carbocycles. The Labute approximate surface area is 200 Å². The van der Waals surface area contributed by atoms with Gasteiger partial charge in [0.1, 0.15) is 29.5 Å². The molecule has 0 spiro atoms. The number of rotatable bonds is 4. The van der Waals surface area contributed by atoms with Gasteiger partial charge < -0.3 is 9.42 Å². The second-order valence-corrected chi connectivity index (χ2v) is 10.5. The molecule has 0 saturated carbocycles. The maximum atomic E-state index is 14.9. The van der Waals surface area contributed by atoms with E-state index in [0.717, 1.165) is 16.1 Å². The van der Waals surface area contributed by atoms with Gasteiger partial charge in [-0.15, -0.1) is 0 Å². The number of nitrogens with zero attached hydrogens (tertiary/aromatic N) is 4. The third-order valence-electron chi connectivity index (χ3n) is 6.19. The van der Waals surface area contributed by atoms with Gasteiger partial charge in [0.25, 0.3) is 5.92 Å². The number of pyridine rings is 1. The van der Waals surface area contributed by atoms with Crippen LogP contribution >= 0.6 is 0 Å². The summed E-state index contributed by atoms with van der Waals surface area (Å²) >= 11 is 0. The number of benzene rings is 1. The highest BCUT2D eigenvalue weighted by Crippen LogP contribution is 2.43. The van der Waals surface area contributed by atoms with Crippen molar-refractivity contribution < 1.29 is 39.7 Å². The molecule has 4 heterocycles. The predicted molar refractivity (Wildman–Crippen MR) is 116 cm³/mol. The van der Waals surface area contributed by atoms with Crippen LogP contribution in [-0.2, 0) is 10.0 Å². The Bertz CT molecular complexity index is 1490. The topological polar surface area (TPSA) is 109 Å². The van der Waals surface area contributed by atoms with Gasteiger partial charge in [0.2, 0.25) is 10.0 Å². The summed E-state index contributed by atoms with van der Waals surface area (Å²) in [7, 11) is -3.99. The molecular weight excluding hydrogens is 513 g/mol. The number of aryl methyl sites for hydroxylation is 1. The number of hydrogen-bond acceptors (Lipinski definition) is 6. The highest BCUT2D eigenvalue weighted by Gasteiger charge is 2.60. The van der Waals surface area contributed by atoms with Crippen molar-refractivity contribution >= 4 is 32.8 Å². The standard InChI is InChI=1S/C21H18F5N5O4S/c1-9-5-13-17(18(27-9)16-11(23)6-10(22)7-12(16)24)19(28-35-13)30-4-3-15-21(25,26)14(29-36(2,33)34)8-31(15)20(30)32/h5-7,14-15,29H,3-4,8H2,1-2H3/t14-,15-/m1/s1. The van der Waals surface area contributed by atoms with E-state index < -0.39 is 63.6 Å². The first-order chi connectivity index (χ1) is 16.8. The lowest BCUT2D eigenvalue weighted by Crippen LogP contribution is -2.56. The molecule has 36 heavy (non-hydrogen) atoms. The van der Waals surface area contributed by atoms with Crippen LogP contribution in [0.5, 0.6) is 0 Å². The van der Waals surface area contributed by atoms with Crippen molar-refractivity contribution in [3.8, 4) is 11.3 Å². The highest BCUT2D eigenvalue weighted by molar-refractivity contribution is 7.88. The predicted octanol–water partition coefficient (Wildman–Crippen LogP) is 3.18. The number of aromatic nitrogens is 2. The van der Waals surface area contributed by atoms with Crippen LogP contribution in [0.4, 0.5) is 32.6 Å². The molecule has 9 nitrogen and oxygen atoms in total. The Balaban J connectivity index is 1.59. The zero-order valence-corrected chi connectivity index (χ0v) is 19.5. The summed E-state index contributed by atoms with van der Waals surface area (Å²) in [6.45, 7) is 0.633. The van der Waals surface area contributed by atoms with Crippen LogP contribution in [0.25, 0.3) is 22.2 Å². The quantitative estimate of drug-likeness (QED) is 0.518. The average molecular weight is 531 g/mol. The molecule has 5 rings (SSSR count). The minimum absolute atomic E-state index is 0.00826. The molecular formula is C21H18F5N5O4S. The zero-order chi connectivity index (χ0) is 26.2. The molecule has 0 aliphatic carbocycles. The SMILES string of the molecule is Cc1cc2onc(N3CC[C@H]4N(C[C@@H](NS(C)(=O)=O)C4(F)F)C3=O)c2c(-c2c(F)cc(F)cc2F)n1. The van der Waals surface area contributed by atoms with Gasteiger partial charge in [-0.25, -0.2) is 39.9 Å². The number of anilines is 1. The van der Waals surface area contributed by atoms with Gasteiger partial charge >= 0.3 is 6.03 Å². The van der Waals surface area contributed by atoms with E-state index in [4.69, 9.17) is 4.52 Å². The lowest BCUT2D eigenvalue weighted by Gasteiger charge is -2.37. The number of sulfonamides is 1. The monoisotopic (exact) mass is 531 g/mol. The summed E-state index contributed by atoms with van der Waals surface area (Å²) in [6.07, 6.45) is 0.475. The summed E-state index contributed by atoms with van der Waals surface area (Å²) in [4.78, 5) is 19.3. The molecule has 192 valence electrons. The molecule has 0 unspecified atom stereocenters. The maximum Gasteiger partial charge on any atom is 0.326 e. The second-order valence-electron chi connectivity index (χ2n) is 8.74. The van der Waals surface area contributed by atoms with Gasteiger partial charge in [-0.2, -0.15) is 0 Å². The minimum Gasteiger partial charge on any atom is -0.354 e. The average Bonchev–Trinajstić information content (AvgIpc) is 3.26. The molecule has 0 bridgehead atoms. The number of carbonyl (C=O) groups is 1. The van der Waals surface area contributed by atoms with E-state index in [1.54, 1.807) is 0 Å². The Kier molecular flexibility index (Phi) is 5.48. The molecule has 2 fully saturated rings. The second kappa shape index (κ2) is 8.09. The van der Waals surface area contributed by atoms with Crippen LogP contribution in [0.3, 0.4) is 0 Å². The number of amides is 2. The van der Waals surface area contributed by atoms with Gasteiger partial charge in [0, 0.05) is 37.0 Å². The van der Waals surface area contributed by atoms with Crippen molar-refractivity contribution in [3.63, 3.8) is 0 Å². The smallest absolute Gasteiger partial charge is 0.326 e. The van der Waals surface area contributed by atoms with Gasteiger partial charge in [0.05, 0.1) is 22.9 Å². The fraction of sp³-hybridized carbons (Fsp3) is 0.381. The first-order valence-electron chi connectivity index (χ1n) is 10.6. The minimum atomic E-state index is -3.99. The maximum absolute atomic E-state index is 14.9. The third kappa shape index (κ3) is 3.86. The van der Waals surface area contributed by atoms with Crippen molar-refractivity contribution in [2.24, 2.45) is 0 Å². The number of nitrogens with one attached hydrogen (secondary N) is 1. The summed E-state index contributed by atoms with van der Waals surface area (Å²) in [6, 6.07) is -1.99. The van der Waals surface area contributed by atoms with E-state index in [1.165, 1.54) is 13.0 Å². The number of halogens is 5.